The lowest BCUT2D eigenvalue weighted by Gasteiger charge is -2.21. The summed E-state index contributed by atoms with van der Waals surface area (Å²) in [4.78, 5) is 12.2. The maximum Gasteiger partial charge on any atom is 0.256 e. The molecule has 1 aromatic carbocycles. The van der Waals surface area contributed by atoms with E-state index in [4.69, 9.17) is 5.73 Å². The highest BCUT2D eigenvalue weighted by atomic mass is 16.1. The largest absolute Gasteiger partial charge is 0.383 e. The van der Waals surface area contributed by atoms with Gasteiger partial charge in [0.05, 0.1) is 6.20 Å². The summed E-state index contributed by atoms with van der Waals surface area (Å²) in [6.45, 7) is 4.98. The lowest BCUT2D eigenvalue weighted by molar-refractivity contribution is 0.0944. The molecule has 0 saturated carbocycles. The van der Waals surface area contributed by atoms with Crippen LogP contribution in [0.3, 0.4) is 0 Å². The number of hydrogen-bond acceptors (Lipinski definition) is 3. The predicted octanol–water partition coefficient (Wildman–Crippen LogP) is 2.25. The van der Waals surface area contributed by atoms with Crippen molar-refractivity contribution in [2.45, 2.75) is 20.3 Å². The van der Waals surface area contributed by atoms with Crippen molar-refractivity contribution in [2.75, 3.05) is 12.3 Å². The van der Waals surface area contributed by atoms with Crippen LogP contribution in [0, 0.1) is 11.8 Å². The lowest BCUT2D eigenvalue weighted by atomic mass is 9.89. The number of rotatable bonds is 6. The molecule has 1 amide bonds. The summed E-state index contributed by atoms with van der Waals surface area (Å²) in [6.07, 6.45) is 2.45. The predicted molar refractivity (Wildman–Crippen MR) is 88.4 cm³/mol. The van der Waals surface area contributed by atoms with Crippen LogP contribution in [0.25, 0.3) is 0 Å². The van der Waals surface area contributed by atoms with Crippen molar-refractivity contribution in [3.8, 4) is 0 Å². The van der Waals surface area contributed by atoms with Crippen LogP contribution < -0.4 is 11.1 Å². The van der Waals surface area contributed by atoms with Crippen LogP contribution in [0.5, 0.6) is 0 Å². The summed E-state index contributed by atoms with van der Waals surface area (Å²) in [5.74, 6) is 1.09. The molecule has 2 aromatic rings. The number of benzene rings is 1. The maximum atomic E-state index is 12.2. The molecule has 0 aliphatic rings. The van der Waals surface area contributed by atoms with Gasteiger partial charge in [-0.05, 0) is 23.8 Å². The van der Waals surface area contributed by atoms with Crippen molar-refractivity contribution >= 4 is 11.7 Å². The third kappa shape index (κ3) is 3.87. The molecule has 1 heterocycles. The van der Waals surface area contributed by atoms with E-state index in [-0.39, 0.29) is 5.91 Å². The van der Waals surface area contributed by atoms with E-state index in [9.17, 15) is 4.79 Å². The highest BCUT2D eigenvalue weighted by molar-refractivity contribution is 5.98. The summed E-state index contributed by atoms with van der Waals surface area (Å²) in [7, 11) is 1.72. The number of aryl methyl sites for hydroxylation is 1. The Hall–Kier alpha value is -2.30. The van der Waals surface area contributed by atoms with Gasteiger partial charge in [0.1, 0.15) is 11.4 Å². The van der Waals surface area contributed by atoms with Gasteiger partial charge in [0, 0.05) is 13.6 Å². The van der Waals surface area contributed by atoms with Crippen LogP contribution in [-0.2, 0) is 13.5 Å². The molecule has 1 atom stereocenters. The highest BCUT2D eigenvalue weighted by Gasteiger charge is 2.18. The van der Waals surface area contributed by atoms with Crippen molar-refractivity contribution in [1.82, 2.24) is 15.1 Å². The second-order valence-corrected chi connectivity index (χ2v) is 5.97. The fourth-order valence-corrected chi connectivity index (χ4v) is 2.40. The van der Waals surface area contributed by atoms with Crippen LogP contribution in [-0.4, -0.2) is 22.2 Å². The minimum Gasteiger partial charge on any atom is -0.383 e. The average Bonchev–Trinajstić information content (AvgIpc) is 2.84. The van der Waals surface area contributed by atoms with E-state index >= 15 is 0 Å². The van der Waals surface area contributed by atoms with Gasteiger partial charge in [0.2, 0.25) is 0 Å². The van der Waals surface area contributed by atoms with Crippen molar-refractivity contribution < 1.29 is 4.79 Å². The van der Waals surface area contributed by atoms with Crippen LogP contribution in [0.1, 0.15) is 29.8 Å². The van der Waals surface area contributed by atoms with Gasteiger partial charge < -0.3 is 11.1 Å². The van der Waals surface area contributed by atoms with Crippen molar-refractivity contribution in [3.63, 3.8) is 0 Å². The Balaban J connectivity index is 1.97. The van der Waals surface area contributed by atoms with Gasteiger partial charge in [0.15, 0.2) is 0 Å². The van der Waals surface area contributed by atoms with E-state index in [0.717, 1.165) is 6.42 Å². The Morgan fingerprint density at radius 3 is 2.55 bits per heavy atom. The molecule has 2 rings (SSSR count). The summed E-state index contributed by atoms with van der Waals surface area (Å²) >= 11 is 0. The Labute approximate surface area is 131 Å². The molecular formula is C17H24N4O. The fraction of sp³-hybridized carbons (Fsp3) is 0.412. The zero-order valence-corrected chi connectivity index (χ0v) is 13.4. The minimum absolute atomic E-state index is 0.163. The molecule has 0 fully saturated rings. The second kappa shape index (κ2) is 7.11. The van der Waals surface area contributed by atoms with Crippen LogP contribution >= 0.6 is 0 Å². The first-order chi connectivity index (χ1) is 10.5. The Bertz CT molecular complexity index is 619. The molecule has 0 unspecified atom stereocenters. The number of aromatic nitrogens is 2. The number of nitrogens with one attached hydrogen (secondary N) is 1. The van der Waals surface area contributed by atoms with E-state index in [0.29, 0.717) is 29.8 Å². The zero-order chi connectivity index (χ0) is 16.1. The van der Waals surface area contributed by atoms with Gasteiger partial charge in [-0.25, -0.2) is 0 Å². The van der Waals surface area contributed by atoms with Gasteiger partial charge >= 0.3 is 0 Å². The summed E-state index contributed by atoms with van der Waals surface area (Å²) in [6, 6.07) is 10.3. The van der Waals surface area contributed by atoms with Crippen LogP contribution in [0.4, 0.5) is 5.82 Å². The Morgan fingerprint density at radius 1 is 1.32 bits per heavy atom. The van der Waals surface area contributed by atoms with E-state index in [1.807, 2.05) is 18.2 Å². The molecule has 22 heavy (non-hydrogen) atoms. The van der Waals surface area contributed by atoms with Gasteiger partial charge in [-0.15, -0.1) is 0 Å². The average molecular weight is 300 g/mol. The molecule has 3 N–H and O–H groups in total. The maximum absolute atomic E-state index is 12.2. The molecule has 5 nitrogen and oxygen atoms in total. The van der Waals surface area contributed by atoms with Crippen molar-refractivity contribution in [1.29, 1.82) is 0 Å². The second-order valence-electron chi connectivity index (χ2n) is 5.97. The lowest BCUT2D eigenvalue weighted by Crippen LogP contribution is -2.32. The third-order valence-electron chi connectivity index (χ3n) is 4.04. The number of nitrogens with zero attached hydrogens (tertiary/aromatic N) is 2. The van der Waals surface area contributed by atoms with Gasteiger partial charge in [-0.3, -0.25) is 9.48 Å². The molecule has 0 radical (unpaired) electrons. The third-order valence-corrected chi connectivity index (χ3v) is 4.04. The van der Waals surface area contributed by atoms with Crippen molar-refractivity contribution in [2.24, 2.45) is 18.9 Å². The number of anilines is 1. The summed E-state index contributed by atoms with van der Waals surface area (Å²) in [5, 5.41) is 6.98. The number of nitrogens with two attached hydrogens (primary N) is 1. The zero-order valence-electron chi connectivity index (χ0n) is 13.4. The van der Waals surface area contributed by atoms with E-state index in [1.54, 1.807) is 7.05 Å². The van der Waals surface area contributed by atoms with Crippen molar-refractivity contribution in [3.05, 3.63) is 47.7 Å². The summed E-state index contributed by atoms with van der Waals surface area (Å²) < 4.78 is 1.50. The fourth-order valence-electron chi connectivity index (χ4n) is 2.40. The molecule has 0 aliphatic carbocycles. The molecule has 0 bridgehead atoms. The molecular weight excluding hydrogens is 276 g/mol. The van der Waals surface area contributed by atoms with E-state index in [1.165, 1.54) is 16.4 Å². The SMILES string of the molecule is CC(C)[C@@H](CNC(=O)c1cnn(C)c1N)Cc1ccccc1. The molecule has 5 heteroatoms. The number of amides is 1. The Morgan fingerprint density at radius 2 is 2.00 bits per heavy atom. The molecule has 118 valence electrons. The van der Waals surface area contributed by atoms with Gasteiger partial charge in [-0.2, -0.15) is 5.10 Å². The van der Waals surface area contributed by atoms with Crippen LogP contribution in [0.15, 0.2) is 36.5 Å². The first-order valence-electron chi connectivity index (χ1n) is 7.58. The van der Waals surface area contributed by atoms with E-state index in [2.05, 4.69) is 36.4 Å². The molecule has 0 saturated heterocycles. The Kier molecular flexibility index (Phi) is 5.20. The first-order valence-corrected chi connectivity index (χ1v) is 7.58. The molecule has 1 aromatic heterocycles. The number of nitrogen functional groups attached to an aromatic ring is 1. The number of carbonyl (C=O) groups is 1. The van der Waals surface area contributed by atoms with Crippen LogP contribution in [0.2, 0.25) is 0 Å². The topological polar surface area (TPSA) is 72.9 Å². The molecule has 0 aliphatic heterocycles. The number of hydrogen-bond donors (Lipinski definition) is 2. The summed E-state index contributed by atoms with van der Waals surface area (Å²) in [5.41, 5.74) is 7.56. The van der Waals surface area contributed by atoms with Gasteiger partial charge in [0.25, 0.3) is 5.91 Å². The van der Waals surface area contributed by atoms with E-state index < -0.39 is 0 Å². The minimum atomic E-state index is -0.163. The normalized spacial score (nSPS) is 12.4. The quantitative estimate of drug-likeness (QED) is 0.859. The number of carbonyl (C=O) groups excluding carboxylic acids is 1. The molecule has 0 spiro atoms. The van der Waals surface area contributed by atoms with Gasteiger partial charge in [-0.1, -0.05) is 44.2 Å². The monoisotopic (exact) mass is 300 g/mol. The smallest absolute Gasteiger partial charge is 0.256 e. The first kappa shape index (κ1) is 16.1. The highest BCUT2D eigenvalue weighted by Crippen LogP contribution is 2.17. The standard InChI is InChI=1S/C17H24N4O/c1-12(2)14(9-13-7-5-4-6-8-13)10-19-17(22)15-11-20-21(3)16(15)18/h4-8,11-12,14H,9-10,18H2,1-3H3,(H,19,22)/t14-/m1/s1.